The lowest BCUT2D eigenvalue weighted by molar-refractivity contribution is -0.134. The normalized spacial score (nSPS) is 23.6. The van der Waals surface area contributed by atoms with Crippen LogP contribution in [0, 0.1) is 5.41 Å². The van der Waals surface area contributed by atoms with Gasteiger partial charge in [-0.25, -0.2) is 0 Å². The molecule has 3 fully saturated rings. The molecule has 1 unspecified atom stereocenters. The summed E-state index contributed by atoms with van der Waals surface area (Å²) in [6.45, 7) is 11.8. The van der Waals surface area contributed by atoms with E-state index in [1.807, 2.05) is 18.2 Å². The first-order valence-corrected chi connectivity index (χ1v) is 10.8. The summed E-state index contributed by atoms with van der Waals surface area (Å²) in [6.07, 6.45) is 4.00. The van der Waals surface area contributed by atoms with Crippen LogP contribution in [0.4, 0.5) is 5.69 Å². The maximum absolute atomic E-state index is 12.1. The lowest BCUT2D eigenvalue weighted by Gasteiger charge is -2.55. The van der Waals surface area contributed by atoms with E-state index < -0.39 is 6.04 Å². The Kier molecular flexibility index (Phi) is 5.64. The predicted octanol–water partition coefficient (Wildman–Crippen LogP) is 1.79. The lowest BCUT2D eigenvalue weighted by Crippen LogP contribution is -2.60. The third kappa shape index (κ3) is 3.99. The van der Waals surface area contributed by atoms with E-state index in [9.17, 15) is 14.4 Å². The van der Waals surface area contributed by atoms with Gasteiger partial charge < -0.3 is 15.1 Å². The van der Waals surface area contributed by atoms with Gasteiger partial charge in [0.2, 0.25) is 11.8 Å². The molecule has 1 aromatic carbocycles. The Morgan fingerprint density at radius 2 is 2.03 bits per heavy atom. The molecule has 3 heterocycles. The third-order valence-electron chi connectivity index (χ3n) is 6.86. The van der Waals surface area contributed by atoms with Crippen LogP contribution in [0.3, 0.4) is 0 Å². The summed E-state index contributed by atoms with van der Waals surface area (Å²) in [6, 6.07) is 5.27. The van der Waals surface area contributed by atoms with Gasteiger partial charge in [0.15, 0.2) is 6.29 Å². The van der Waals surface area contributed by atoms with Crippen LogP contribution in [0.5, 0.6) is 0 Å². The number of imide groups is 1. The molecular formula is C23H30N4O3. The Hall–Kier alpha value is -2.67. The molecule has 0 aromatic heterocycles. The molecule has 7 heteroatoms. The fourth-order valence-corrected chi connectivity index (χ4v) is 4.83. The molecule has 0 radical (unpaired) electrons. The number of rotatable bonds is 6. The van der Waals surface area contributed by atoms with E-state index in [0.29, 0.717) is 35.1 Å². The zero-order valence-electron chi connectivity index (χ0n) is 17.6. The SMILES string of the molecule is C=C(NC1CCC(=O)NC1=O)c1cc(N2CC3(CCN(CC)CC3)C2)ccc1C=O. The monoisotopic (exact) mass is 410 g/mol. The number of nitrogens with one attached hydrogen (secondary N) is 2. The number of piperidine rings is 2. The summed E-state index contributed by atoms with van der Waals surface area (Å²) < 4.78 is 0. The quantitative estimate of drug-likeness (QED) is 0.550. The maximum Gasteiger partial charge on any atom is 0.249 e. The van der Waals surface area contributed by atoms with Crippen molar-refractivity contribution in [3.63, 3.8) is 0 Å². The van der Waals surface area contributed by atoms with Gasteiger partial charge in [-0.2, -0.15) is 0 Å². The highest BCUT2D eigenvalue weighted by molar-refractivity contribution is 6.01. The van der Waals surface area contributed by atoms with Crippen LogP contribution in [-0.4, -0.2) is 61.8 Å². The van der Waals surface area contributed by atoms with Crippen molar-refractivity contribution in [2.45, 2.75) is 38.6 Å². The number of benzene rings is 1. The number of nitrogens with zero attached hydrogens (tertiary/aromatic N) is 2. The summed E-state index contributed by atoms with van der Waals surface area (Å²) in [4.78, 5) is 39.9. The smallest absolute Gasteiger partial charge is 0.249 e. The van der Waals surface area contributed by atoms with Crippen molar-refractivity contribution >= 4 is 29.5 Å². The molecule has 7 nitrogen and oxygen atoms in total. The number of aldehydes is 1. The summed E-state index contributed by atoms with van der Waals surface area (Å²) in [7, 11) is 0. The Morgan fingerprint density at radius 3 is 2.67 bits per heavy atom. The van der Waals surface area contributed by atoms with Gasteiger partial charge in [0.1, 0.15) is 6.04 Å². The molecule has 3 aliphatic heterocycles. The number of amides is 2. The first-order valence-electron chi connectivity index (χ1n) is 10.8. The van der Waals surface area contributed by atoms with Crippen LogP contribution in [0.15, 0.2) is 24.8 Å². The molecule has 160 valence electrons. The first kappa shape index (κ1) is 20.6. The molecule has 3 saturated heterocycles. The minimum absolute atomic E-state index is 0.254. The Bertz CT molecular complexity index is 865. The van der Waals surface area contributed by atoms with Gasteiger partial charge >= 0.3 is 0 Å². The van der Waals surface area contributed by atoms with Crippen LogP contribution in [0.2, 0.25) is 0 Å². The summed E-state index contributed by atoms with van der Waals surface area (Å²) in [5, 5.41) is 5.45. The fourth-order valence-electron chi connectivity index (χ4n) is 4.83. The van der Waals surface area contributed by atoms with Crippen LogP contribution >= 0.6 is 0 Å². The predicted molar refractivity (Wildman–Crippen MR) is 116 cm³/mol. The Balaban J connectivity index is 1.44. The maximum atomic E-state index is 12.1. The number of hydrogen-bond acceptors (Lipinski definition) is 6. The van der Waals surface area contributed by atoms with Gasteiger partial charge in [0, 0.05) is 47.4 Å². The first-order chi connectivity index (χ1) is 14.4. The van der Waals surface area contributed by atoms with Crippen LogP contribution in [0.1, 0.15) is 48.5 Å². The van der Waals surface area contributed by atoms with Gasteiger partial charge in [0.25, 0.3) is 0 Å². The number of anilines is 1. The van der Waals surface area contributed by atoms with Crippen molar-refractivity contribution in [2.24, 2.45) is 5.41 Å². The van der Waals surface area contributed by atoms with Crippen molar-refractivity contribution < 1.29 is 14.4 Å². The number of carbonyl (C=O) groups excluding carboxylic acids is 3. The molecule has 3 aliphatic rings. The van der Waals surface area contributed by atoms with Gasteiger partial charge in [-0.05, 0) is 57.1 Å². The largest absolute Gasteiger partial charge is 0.374 e. The molecule has 2 amide bonds. The average Bonchev–Trinajstić information content (AvgIpc) is 2.73. The number of hydrogen-bond donors (Lipinski definition) is 2. The summed E-state index contributed by atoms with van der Waals surface area (Å²) in [5.74, 6) is -0.602. The molecular weight excluding hydrogens is 380 g/mol. The van der Waals surface area contributed by atoms with Crippen molar-refractivity contribution in [3.05, 3.63) is 35.9 Å². The second-order valence-electron chi connectivity index (χ2n) is 8.81. The average molecular weight is 411 g/mol. The zero-order valence-corrected chi connectivity index (χ0v) is 17.6. The van der Waals surface area contributed by atoms with E-state index >= 15 is 0 Å². The van der Waals surface area contributed by atoms with E-state index in [1.54, 1.807) is 0 Å². The third-order valence-corrected chi connectivity index (χ3v) is 6.86. The van der Waals surface area contributed by atoms with Crippen LogP contribution in [-0.2, 0) is 9.59 Å². The molecule has 0 aliphatic carbocycles. The van der Waals surface area contributed by atoms with E-state index in [1.165, 1.54) is 25.9 Å². The highest BCUT2D eigenvalue weighted by Crippen LogP contribution is 2.43. The Labute approximate surface area is 177 Å². The fraction of sp³-hybridized carbons (Fsp3) is 0.522. The van der Waals surface area contributed by atoms with E-state index in [0.717, 1.165) is 31.6 Å². The topological polar surface area (TPSA) is 81.8 Å². The van der Waals surface area contributed by atoms with Crippen LogP contribution in [0.25, 0.3) is 5.70 Å². The molecule has 2 N–H and O–H groups in total. The number of carbonyl (C=O) groups is 3. The molecule has 0 saturated carbocycles. The van der Waals surface area contributed by atoms with Gasteiger partial charge in [0.05, 0.1) is 0 Å². The lowest BCUT2D eigenvalue weighted by atomic mass is 9.71. The van der Waals surface area contributed by atoms with Crippen molar-refractivity contribution in [3.8, 4) is 0 Å². The van der Waals surface area contributed by atoms with E-state index in [2.05, 4.69) is 33.9 Å². The van der Waals surface area contributed by atoms with Gasteiger partial charge in [-0.15, -0.1) is 0 Å². The summed E-state index contributed by atoms with van der Waals surface area (Å²) in [5.41, 5.74) is 3.26. The number of likely N-dealkylation sites (tertiary alicyclic amines) is 1. The summed E-state index contributed by atoms with van der Waals surface area (Å²) >= 11 is 0. The molecule has 30 heavy (non-hydrogen) atoms. The zero-order chi connectivity index (χ0) is 21.3. The van der Waals surface area contributed by atoms with Crippen LogP contribution < -0.4 is 15.5 Å². The highest BCUT2D eigenvalue weighted by Gasteiger charge is 2.44. The van der Waals surface area contributed by atoms with E-state index in [-0.39, 0.29) is 11.8 Å². The van der Waals surface area contributed by atoms with Crippen molar-refractivity contribution in [1.82, 2.24) is 15.5 Å². The van der Waals surface area contributed by atoms with Crippen molar-refractivity contribution in [1.29, 1.82) is 0 Å². The molecule has 4 rings (SSSR count). The Morgan fingerprint density at radius 1 is 1.30 bits per heavy atom. The van der Waals surface area contributed by atoms with Gasteiger partial charge in [-0.3, -0.25) is 19.7 Å². The second-order valence-corrected chi connectivity index (χ2v) is 8.81. The standard InChI is InChI=1S/C23H30N4O3/c1-3-26-10-8-23(9-11-26)14-27(15-23)18-5-4-17(13-28)19(12-18)16(2)24-20-6-7-21(29)25-22(20)30/h4-5,12-13,20,24H,2-3,6-11,14-15H2,1H3,(H,25,29,30). The molecule has 0 bridgehead atoms. The second kappa shape index (κ2) is 8.22. The molecule has 1 atom stereocenters. The van der Waals surface area contributed by atoms with E-state index in [4.69, 9.17) is 0 Å². The van der Waals surface area contributed by atoms with Crippen molar-refractivity contribution in [2.75, 3.05) is 37.6 Å². The minimum atomic E-state index is -0.519. The highest BCUT2D eigenvalue weighted by atomic mass is 16.2. The van der Waals surface area contributed by atoms with Gasteiger partial charge in [-0.1, -0.05) is 13.5 Å². The molecule has 1 spiro atoms. The molecule has 1 aromatic rings. The minimum Gasteiger partial charge on any atom is -0.374 e.